The van der Waals surface area contributed by atoms with Crippen molar-refractivity contribution < 1.29 is 14.3 Å². The molecule has 1 saturated heterocycles. The zero-order valence-electron chi connectivity index (χ0n) is 19.8. The number of aromatic nitrogens is 3. The summed E-state index contributed by atoms with van der Waals surface area (Å²) in [6, 6.07) is 16.6. The highest BCUT2D eigenvalue weighted by atomic mass is 32.2. The number of nitrogens with zero attached hydrogens (tertiary/aromatic N) is 4. The molecule has 1 atom stereocenters. The first-order chi connectivity index (χ1) is 17.3. The summed E-state index contributed by atoms with van der Waals surface area (Å²) in [5.41, 5.74) is 2.34. The number of amides is 1. The summed E-state index contributed by atoms with van der Waals surface area (Å²) in [6.07, 6.45) is 5.19. The van der Waals surface area contributed by atoms with E-state index in [-0.39, 0.29) is 11.9 Å². The molecule has 3 heterocycles. The summed E-state index contributed by atoms with van der Waals surface area (Å²) in [5.74, 6) is 3.64. The molecule has 35 heavy (non-hydrogen) atoms. The largest absolute Gasteiger partial charge is 0.490 e. The van der Waals surface area contributed by atoms with E-state index in [1.807, 2.05) is 17.0 Å². The minimum atomic E-state index is 0.0736. The Morgan fingerprint density at radius 2 is 1.80 bits per heavy atom. The topological polar surface area (TPSA) is 69.5 Å². The van der Waals surface area contributed by atoms with Crippen LogP contribution in [-0.2, 0) is 11.3 Å². The zero-order chi connectivity index (χ0) is 23.6. The third kappa shape index (κ3) is 4.89. The Kier molecular flexibility index (Phi) is 6.37. The SMILES string of the molecule is O=C(CSc1nnc(C2CC2)n1Cc1ccccc1)N1CCC[C@H]1c1ccc2c(c1)OCCCO2. The van der Waals surface area contributed by atoms with Gasteiger partial charge in [-0.25, -0.2) is 0 Å². The zero-order valence-corrected chi connectivity index (χ0v) is 20.6. The fraction of sp³-hybridized carbons (Fsp3) is 0.444. The van der Waals surface area contributed by atoms with Crippen molar-refractivity contribution >= 4 is 17.7 Å². The molecule has 1 aromatic heterocycles. The molecule has 182 valence electrons. The number of fused-ring (bicyclic) bond motifs is 1. The van der Waals surface area contributed by atoms with Crippen LogP contribution in [0, 0.1) is 0 Å². The molecule has 0 unspecified atom stereocenters. The number of thioether (sulfide) groups is 1. The first-order valence-corrected chi connectivity index (χ1v) is 13.5. The van der Waals surface area contributed by atoms with E-state index in [4.69, 9.17) is 9.47 Å². The molecular weight excluding hydrogens is 460 g/mol. The van der Waals surface area contributed by atoms with Crippen molar-refractivity contribution in [2.24, 2.45) is 0 Å². The lowest BCUT2D eigenvalue weighted by molar-refractivity contribution is -0.129. The van der Waals surface area contributed by atoms with E-state index in [1.54, 1.807) is 0 Å². The lowest BCUT2D eigenvalue weighted by Crippen LogP contribution is -2.32. The Bertz CT molecular complexity index is 1190. The van der Waals surface area contributed by atoms with Gasteiger partial charge in [-0.05, 0) is 48.9 Å². The van der Waals surface area contributed by atoms with E-state index in [1.165, 1.54) is 30.2 Å². The van der Waals surface area contributed by atoms with Gasteiger partial charge in [-0.3, -0.25) is 4.79 Å². The van der Waals surface area contributed by atoms with Gasteiger partial charge < -0.3 is 18.9 Å². The van der Waals surface area contributed by atoms with Crippen molar-refractivity contribution in [1.29, 1.82) is 0 Å². The highest BCUT2D eigenvalue weighted by molar-refractivity contribution is 7.99. The smallest absolute Gasteiger partial charge is 0.233 e. The maximum absolute atomic E-state index is 13.4. The Hall–Kier alpha value is -3.00. The monoisotopic (exact) mass is 490 g/mol. The lowest BCUT2D eigenvalue weighted by atomic mass is 10.0. The van der Waals surface area contributed by atoms with Crippen LogP contribution in [0.15, 0.2) is 53.7 Å². The van der Waals surface area contributed by atoms with Gasteiger partial charge in [0.1, 0.15) is 5.82 Å². The van der Waals surface area contributed by atoms with Gasteiger partial charge in [0.25, 0.3) is 0 Å². The van der Waals surface area contributed by atoms with E-state index in [9.17, 15) is 4.79 Å². The molecule has 3 aliphatic rings. The molecule has 0 bridgehead atoms. The molecule has 2 aliphatic heterocycles. The van der Waals surface area contributed by atoms with Crippen LogP contribution in [-0.4, -0.2) is 51.1 Å². The Balaban J connectivity index is 1.16. The number of likely N-dealkylation sites (tertiary alicyclic amines) is 1. The van der Waals surface area contributed by atoms with Gasteiger partial charge in [0.2, 0.25) is 5.91 Å². The molecule has 1 amide bonds. The van der Waals surface area contributed by atoms with E-state index < -0.39 is 0 Å². The van der Waals surface area contributed by atoms with Gasteiger partial charge in [-0.1, -0.05) is 48.2 Å². The van der Waals surface area contributed by atoms with Crippen LogP contribution >= 0.6 is 11.8 Å². The molecule has 2 aromatic carbocycles. The Morgan fingerprint density at radius 3 is 2.63 bits per heavy atom. The van der Waals surface area contributed by atoms with Gasteiger partial charge in [0, 0.05) is 18.9 Å². The second-order valence-corrected chi connectivity index (χ2v) is 10.4. The van der Waals surface area contributed by atoms with Crippen molar-refractivity contribution in [3.05, 3.63) is 65.5 Å². The van der Waals surface area contributed by atoms with Crippen LogP contribution in [0.2, 0.25) is 0 Å². The van der Waals surface area contributed by atoms with Gasteiger partial charge in [-0.15, -0.1) is 10.2 Å². The molecule has 0 spiro atoms. The van der Waals surface area contributed by atoms with E-state index in [0.717, 1.165) is 60.4 Å². The summed E-state index contributed by atoms with van der Waals surface area (Å²) in [6.45, 7) is 2.85. The summed E-state index contributed by atoms with van der Waals surface area (Å²) in [7, 11) is 0. The normalized spacial score (nSPS) is 19.5. The van der Waals surface area contributed by atoms with Crippen LogP contribution in [0.3, 0.4) is 0 Å². The van der Waals surface area contributed by atoms with Crippen molar-refractivity contribution in [2.75, 3.05) is 25.5 Å². The average molecular weight is 491 g/mol. The molecule has 8 heteroatoms. The number of benzene rings is 2. The Morgan fingerprint density at radius 1 is 0.971 bits per heavy atom. The molecule has 2 fully saturated rings. The molecular formula is C27H30N4O3S. The first kappa shape index (κ1) is 22.5. The molecule has 7 nitrogen and oxygen atoms in total. The van der Waals surface area contributed by atoms with Gasteiger partial charge in [0.15, 0.2) is 16.7 Å². The van der Waals surface area contributed by atoms with Crippen molar-refractivity contribution in [3.8, 4) is 11.5 Å². The molecule has 6 rings (SSSR count). The van der Waals surface area contributed by atoms with E-state index in [0.29, 0.717) is 24.9 Å². The number of hydrogen-bond donors (Lipinski definition) is 0. The summed E-state index contributed by atoms with van der Waals surface area (Å²) >= 11 is 1.50. The highest BCUT2D eigenvalue weighted by Gasteiger charge is 2.33. The third-order valence-electron chi connectivity index (χ3n) is 6.93. The van der Waals surface area contributed by atoms with Crippen molar-refractivity contribution in [1.82, 2.24) is 19.7 Å². The number of rotatable bonds is 7. The molecule has 0 radical (unpaired) electrons. The van der Waals surface area contributed by atoms with Crippen molar-refractivity contribution in [3.63, 3.8) is 0 Å². The standard InChI is InChI=1S/C27H30N4O3S/c32-25(30-13-4-8-22(30)21-11-12-23-24(16-21)34-15-5-14-33-23)18-35-27-29-28-26(20-9-10-20)31(27)17-19-6-2-1-3-7-19/h1-3,6-7,11-12,16,20,22H,4-5,8-10,13-15,17-18H2/t22-/m0/s1. The molecule has 0 N–H and O–H groups in total. The maximum atomic E-state index is 13.4. The fourth-order valence-electron chi connectivity index (χ4n) is 4.97. The maximum Gasteiger partial charge on any atom is 0.233 e. The molecule has 1 saturated carbocycles. The average Bonchev–Trinajstić information content (AvgIpc) is 3.55. The fourth-order valence-corrected chi connectivity index (χ4v) is 5.80. The number of carbonyl (C=O) groups excluding carboxylic acids is 1. The number of ether oxygens (including phenoxy) is 2. The van der Waals surface area contributed by atoms with Crippen LogP contribution in [0.5, 0.6) is 11.5 Å². The van der Waals surface area contributed by atoms with Gasteiger partial charge in [-0.2, -0.15) is 0 Å². The van der Waals surface area contributed by atoms with E-state index >= 15 is 0 Å². The van der Waals surface area contributed by atoms with Gasteiger partial charge >= 0.3 is 0 Å². The quantitative estimate of drug-likeness (QED) is 0.442. The number of carbonyl (C=O) groups is 1. The third-order valence-corrected chi connectivity index (χ3v) is 7.88. The first-order valence-electron chi connectivity index (χ1n) is 12.5. The predicted molar refractivity (Wildman–Crippen MR) is 134 cm³/mol. The van der Waals surface area contributed by atoms with Crippen molar-refractivity contribution in [2.45, 2.75) is 55.8 Å². The molecule has 1 aliphatic carbocycles. The second-order valence-electron chi connectivity index (χ2n) is 9.48. The minimum absolute atomic E-state index is 0.0736. The van der Waals surface area contributed by atoms with Crippen LogP contribution in [0.4, 0.5) is 0 Å². The van der Waals surface area contributed by atoms with Crippen LogP contribution < -0.4 is 9.47 Å². The minimum Gasteiger partial charge on any atom is -0.490 e. The predicted octanol–water partition coefficient (Wildman–Crippen LogP) is 4.82. The summed E-state index contributed by atoms with van der Waals surface area (Å²) < 4.78 is 13.9. The summed E-state index contributed by atoms with van der Waals surface area (Å²) in [5, 5.41) is 9.81. The van der Waals surface area contributed by atoms with Gasteiger partial charge in [0.05, 0.1) is 31.6 Å². The number of hydrogen-bond acceptors (Lipinski definition) is 6. The second kappa shape index (κ2) is 9.93. The van der Waals surface area contributed by atoms with Crippen LogP contribution in [0.25, 0.3) is 0 Å². The molecule has 3 aromatic rings. The summed E-state index contributed by atoms with van der Waals surface area (Å²) in [4.78, 5) is 15.4. The van der Waals surface area contributed by atoms with E-state index in [2.05, 4.69) is 51.2 Å². The lowest BCUT2D eigenvalue weighted by Gasteiger charge is -2.25. The Labute approximate surface area is 209 Å². The highest BCUT2D eigenvalue weighted by Crippen LogP contribution is 2.41. The van der Waals surface area contributed by atoms with Crippen LogP contribution in [0.1, 0.15) is 61.0 Å².